The average Bonchev–Trinajstić information content (AvgIpc) is 2.64. The van der Waals surface area contributed by atoms with Gasteiger partial charge in [-0.15, -0.1) is 0 Å². The molecule has 152 valence electrons. The molecule has 0 atom stereocenters. The SMILES string of the molecule is Cc1cc2oc(=O)cc(COC(=O)c3ccc(S(C)(=O)=O)cc3)c2cc1C(C)C. The van der Waals surface area contributed by atoms with E-state index in [0.29, 0.717) is 11.1 Å². The third kappa shape index (κ3) is 4.56. The number of ether oxygens (including phenoxy) is 1. The van der Waals surface area contributed by atoms with E-state index in [1.807, 2.05) is 19.1 Å². The van der Waals surface area contributed by atoms with Gasteiger partial charge in [-0.05, 0) is 60.4 Å². The second-order valence-corrected chi connectivity index (χ2v) is 9.34. The van der Waals surface area contributed by atoms with Crippen LogP contribution in [0.3, 0.4) is 0 Å². The number of esters is 1. The Kier molecular flexibility index (Phi) is 5.61. The molecule has 0 aliphatic rings. The van der Waals surface area contributed by atoms with Gasteiger partial charge in [0.2, 0.25) is 0 Å². The monoisotopic (exact) mass is 414 g/mol. The number of benzene rings is 2. The molecule has 0 unspecified atom stereocenters. The van der Waals surface area contributed by atoms with Gasteiger partial charge in [0.1, 0.15) is 12.2 Å². The number of carbonyl (C=O) groups is 1. The zero-order valence-electron chi connectivity index (χ0n) is 16.7. The highest BCUT2D eigenvalue weighted by molar-refractivity contribution is 7.90. The average molecular weight is 414 g/mol. The lowest BCUT2D eigenvalue weighted by molar-refractivity contribution is 0.0473. The van der Waals surface area contributed by atoms with Gasteiger partial charge in [-0.1, -0.05) is 13.8 Å². The predicted octanol–water partition coefficient (Wildman–Crippen LogP) is 3.99. The van der Waals surface area contributed by atoms with Gasteiger partial charge >= 0.3 is 11.6 Å². The van der Waals surface area contributed by atoms with Crippen LogP contribution < -0.4 is 5.63 Å². The van der Waals surface area contributed by atoms with Crippen molar-refractivity contribution < 1.29 is 22.4 Å². The first-order chi connectivity index (χ1) is 13.6. The molecule has 0 saturated carbocycles. The fraction of sp³-hybridized carbons (Fsp3) is 0.273. The van der Waals surface area contributed by atoms with Gasteiger partial charge in [-0.2, -0.15) is 0 Å². The summed E-state index contributed by atoms with van der Waals surface area (Å²) in [5, 5.41) is 0.721. The van der Waals surface area contributed by atoms with Gasteiger partial charge in [0, 0.05) is 23.3 Å². The Morgan fingerprint density at radius 2 is 1.76 bits per heavy atom. The Hall–Kier alpha value is -2.93. The van der Waals surface area contributed by atoms with Gasteiger partial charge in [0.15, 0.2) is 9.84 Å². The Morgan fingerprint density at radius 3 is 2.34 bits per heavy atom. The van der Waals surface area contributed by atoms with Crippen molar-refractivity contribution >= 4 is 26.8 Å². The molecule has 1 heterocycles. The second-order valence-electron chi connectivity index (χ2n) is 7.32. The van der Waals surface area contributed by atoms with E-state index in [-0.39, 0.29) is 23.0 Å². The molecule has 1 aromatic heterocycles. The Morgan fingerprint density at radius 1 is 1.10 bits per heavy atom. The number of rotatable bonds is 5. The second kappa shape index (κ2) is 7.83. The van der Waals surface area contributed by atoms with Crippen LogP contribution in [0.2, 0.25) is 0 Å². The zero-order valence-corrected chi connectivity index (χ0v) is 17.5. The molecule has 3 rings (SSSR count). The fourth-order valence-electron chi connectivity index (χ4n) is 3.20. The molecule has 2 aromatic carbocycles. The molecule has 29 heavy (non-hydrogen) atoms. The van der Waals surface area contributed by atoms with Crippen LogP contribution in [0, 0.1) is 6.92 Å². The van der Waals surface area contributed by atoms with Crippen LogP contribution in [0.15, 0.2) is 56.6 Å². The fourth-order valence-corrected chi connectivity index (χ4v) is 3.83. The maximum Gasteiger partial charge on any atom is 0.338 e. The topological polar surface area (TPSA) is 90.7 Å². The minimum absolute atomic E-state index is 0.102. The summed E-state index contributed by atoms with van der Waals surface area (Å²) in [6.45, 7) is 6.01. The Balaban J connectivity index is 1.89. The molecule has 3 aromatic rings. The minimum atomic E-state index is -3.34. The summed E-state index contributed by atoms with van der Waals surface area (Å²) in [6.07, 6.45) is 1.10. The standard InChI is InChI=1S/C22H22O6S/c1-13(2)18-11-19-16(10-21(23)28-20(19)9-14(18)3)12-27-22(24)15-5-7-17(8-6-15)29(4,25)26/h5-11,13H,12H2,1-4H3. The summed E-state index contributed by atoms with van der Waals surface area (Å²) < 4.78 is 33.7. The van der Waals surface area contributed by atoms with E-state index in [1.54, 1.807) is 0 Å². The number of fused-ring (bicyclic) bond motifs is 1. The normalized spacial score (nSPS) is 11.8. The summed E-state index contributed by atoms with van der Waals surface area (Å²) in [4.78, 5) is 24.4. The third-order valence-electron chi connectivity index (χ3n) is 4.72. The number of sulfone groups is 1. The first-order valence-corrected chi connectivity index (χ1v) is 11.0. The molecule has 0 saturated heterocycles. The van der Waals surface area contributed by atoms with Crippen molar-refractivity contribution in [3.8, 4) is 0 Å². The highest BCUT2D eigenvalue weighted by atomic mass is 32.2. The number of hydrogen-bond donors (Lipinski definition) is 0. The van der Waals surface area contributed by atoms with Crippen LogP contribution in [0.4, 0.5) is 0 Å². The molecule has 0 aliphatic heterocycles. The largest absolute Gasteiger partial charge is 0.457 e. The Labute approximate surface area is 169 Å². The van der Waals surface area contributed by atoms with E-state index >= 15 is 0 Å². The van der Waals surface area contributed by atoms with Crippen LogP contribution in [-0.2, 0) is 21.2 Å². The molecule has 0 radical (unpaired) electrons. The van der Waals surface area contributed by atoms with E-state index in [9.17, 15) is 18.0 Å². The van der Waals surface area contributed by atoms with Crippen LogP contribution in [0.25, 0.3) is 11.0 Å². The molecular formula is C22H22O6S. The molecule has 0 bridgehead atoms. The van der Waals surface area contributed by atoms with E-state index < -0.39 is 21.4 Å². The van der Waals surface area contributed by atoms with Crippen molar-refractivity contribution in [2.24, 2.45) is 0 Å². The van der Waals surface area contributed by atoms with E-state index in [4.69, 9.17) is 9.15 Å². The minimum Gasteiger partial charge on any atom is -0.457 e. The quantitative estimate of drug-likeness (QED) is 0.463. The first-order valence-electron chi connectivity index (χ1n) is 9.11. The highest BCUT2D eigenvalue weighted by Gasteiger charge is 2.15. The van der Waals surface area contributed by atoms with Gasteiger partial charge in [-0.25, -0.2) is 18.0 Å². The van der Waals surface area contributed by atoms with E-state index in [1.165, 1.54) is 30.3 Å². The van der Waals surface area contributed by atoms with Crippen LogP contribution in [-0.4, -0.2) is 20.6 Å². The molecule has 0 aliphatic carbocycles. The molecule has 0 N–H and O–H groups in total. The summed E-state index contributed by atoms with van der Waals surface area (Å²) >= 11 is 0. The van der Waals surface area contributed by atoms with Crippen molar-refractivity contribution in [3.63, 3.8) is 0 Å². The number of hydrogen-bond acceptors (Lipinski definition) is 6. The summed E-state index contributed by atoms with van der Waals surface area (Å²) in [5.41, 5.74) is 2.86. The summed E-state index contributed by atoms with van der Waals surface area (Å²) in [7, 11) is -3.34. The predicted molar refractivity (Wildman–Crippen MR) is 110 cm³/mol. The van der Waals surface area contributed by atoms with Crippen molar-refractivity contribution in [2.75, 3.05) is 6.26 Å². The number of carbonyl (C=O) groups excluding carboxylic acids is 1. The third-order valence-corrected chi connectivity index (χ3v) is 5.84. The van der Waals surface area contributed by atoms with Crippen LogP contribution in [0.5, 0.6) is 0 Å². The first kappa shape index (κ1) is 20.8. The van der Waals surface area contributed by atoms with Crippen LogP contribution in [0.1, 0.15) is 46.8 Å². The molecule has 0 fully saturated rings. The Bertz CT molecular complexity index is 1230. The van der Waals surface area contributed by atoms with E-state index in [2.05, 4.69) is 13.8 Å². The maximum atomic E-state index is 12.4. The van der Waals surface area contributed by atoms with Crippen LogP contribution >= 0.6 is 0 Å². The maximum absolute atomic E-state index is 12.4. The lowest BCUT2D eigenvalue weighted by Gasteiger charge is -2.13. The molecule has 0 spiro atoms. The lowest BCUT2D eigenvalue weighted by Crippen LogP contribution is -2.09. The molecular weight excluding hydrogens is 392 g/mol. The summed E-state index contributed by atoms with van der Waals surface area (Å²) in [5.74, 6) is -0.322. The molecule has 0 amide bonds. The smallest absolute Gasteiger partial charge is 0.338 e. The van der Waals surface area contributed by atoms with Crippen molar-refractivity contribution in [1.29, 1.82) is 0 Å². The zero-order chi connectivity index (χ0) is 21.3. The van der Waals surface area contributed by atoms with E-state index in [0.717, 1.165) is 22.8 Å². The van der Waals surface area contributed by atoms with Crippen molar-refractivity contribution in [2.45, 2.75) is 38.2 Å². The number of aryl methyl sites for hydroxylation is 1. The lowest BCUT2D eigenvalue weighted by atomic mass is 9.95. The van der Waals surface area contributed by atoms with Gasteiger partial charge in [0.05, 0.1) is 10.5 Å². The summed E-state index contributed by atoms with van der Waals surface area (Å²) in [6, 6.07) is 10.6. The van der Waals surface area contributed by atoms with Gasteiger partial charge in [-0.3, -0.25) is 0 Å². The van der Waals surface area contributed by atoms with Crippen molar-refractivity contribution in [1.82, 2.24) is 0 Å². The molecule has 7 heteroatoms. The highest BCUT2D eigenvalue weighted by Crippen LogP contribution is 2.27. The van der Waals surface area contributed by atoms with Gasteiger partial charge < -0.3 is 9.15 Å². The molecule has 6 nitrogen and oxygen atoms in total. The van der Waals surface area contributed by atoms with Gasteiger partial charge in [0.25, 0.3) is 0 Å². The van der Waals surface area contributed by atoms with Crippen molar-refractivity contribution in [3.05, 3.63) is 75.1 Å².